The van der Waals surface area contributed by atoms with Gasteiger partial charge in [0.15, 0.2) is 0 Å². The molecule has 1 atom stereocenters. The summed E-state index contributed by atoms with van der Waals surface area (Å²) in [7, 11) is 1.91. The highest BCUT2D eigenvalue weighted by molar-refractivity contribution is 9.10. The molecule has 4 heteroatoms. The molecule has 0 heterocycles. The van der Waals surface area contributed by atoms with Gasteiger partial charge in [-0.15, -0.1) is 0 Å². The minimum Gasteiger partial charge on any atom is -0.316 e. The van der Waals surface area contributed by atoms with E-state index in [0.717, 1.165) is 16.5 Å². The molecule has 0 fully saturated rings. The monoisotopic (exact) mass is 355 g/mol. The average Bonchev–Trinajstić information content (AvgIpc) is 2.44. The minimum absolute atomic E-state index is 0.202. The van der Waals surface area contributed by atoms with Crippen LogP contribution < -0.4 is 5.32 Å². The molecule has 1 nitrogen and oxygen atoms in total. The van der Waals surface area contributed by atoms with Gasteiger partial charge in [-0.3, -0.25) is 0 Å². The topological polar surface area (TPSA) is 12.0 Å². The van der Waals surface area contributed by atoms with E-state index in [1.54, 1.807) is 6.07 Å². The van der Waals surface area contributed by atoms with Crippen LogP contribution in [-0.2, 0) is 12.8 Å². The fourth-order valence-corrected chi connectivity index (χ4v) is 2.81. The van der Waals surface area contributed by atoms with E-state index in [-0.39, 0.29) is 11.9 Å². The Hall–Kier alpha value is -0.900. The Morgan fingerprint density at radius 1 is 1.15 bits per heavy atom. The van der Waals surface area contributed by atoms with E-state index in [2.05, 4.69) is 27.3 Å². The first kappa shape index (κ1) is 15.5. The Morgan fingerprint density at radius 3 is 2.55 bits per heavy atom. The van der Waals surface area contributed by atoms with Gasteiger partial charge in [0.05, 0.1) is 0 Å². The average molecular weight is 357 g/mol. The van der Waals surface area contributed by atoms with Crippen LogP contribution in [0.25, 0.3) is 0 Å². The molecule has 0 saturated carbocycles. The molecule has 2 rings (SSSR count). The van der Waals surface area contributed by atoms with Crippen molar-refractivity contribution in [3.05, 3.63) is 68.9 Å². The summed E-state index contributed by atoms with van der Waals surface area (Å²) < 4.78 is 14.4. The van der Waals surface area contributed by atoms with E-state index >= 15 is 0 Å². The van der Waals surface area contributed by atoms with Crippen molar-refractivity contribution in [1.29, 1.82) is 0 Å². The first-order valence-electron chi connectivity index (χ1n) is 6.44. The molecule has 0 bridgehead atoms. The molecule has 2 aromatic carbocycles. The Labute approximate surface area is 132 Å². The molecule has 0 spiro atoms. The van der Waals surface area contributed by atoms with E-state index in [1.807, 2.05) is 25.2 Å². The van der Waals surface area contributed by atoms with Gasteiger partial charge < -0.3 is 5.32 Å². The lowest BCUT2D eigenvalue weighted by molar-refractivity contribution is 0.552. The third-order valence-electron chi connectivity index (χ3n) is 3.31. The Morgan fingerprint density at radius 2 is 1.85 bits per heavy atom. The third-order valence-corrected chi connectivity index (χ3v) is 4.45. The van der Waals surface area contributed by atoms with Crippen LogP contribution in [0, 0.1) is 5.82 Å². The van der Waals surface area contributed by atoms with E-state index in [4.69, 9.17) is 11.6 Å². The lowest BCUT2D eigenvalue weighted by Crippen LogP contribution is -2.30. The van der Waals surface area contributed by atoms with E-state index in [1.165, 1.54) is 17.7 Å². The highest BCUT2D eigenvalue weighted by Crippen LogP contribution is 2.22. The van der Waals surface area contributed by atoms with Gasteiger partial charge in [-0.1, -0.05) is 45.7 Å². The van der Waals surface area contributed by atoms with E-state index in [9.17, 15) is 4.39 Å². The lowest BCUT2D eigenvalue weighted by atomic mass is 9.99. The number of benzene rings is 2. The first-order chi connectivity index (χ1) is 9.60. The summed E-state index contributed by atoms with van der Waals surface area (Å²) in [6, 6.07) is 12.8. The summed E-state index contributed by atoms with van der Waals surface area (Å²) in [4.78, 5) is 0. The largest absolute Gasteiger partial charge is 0.316 e. The standard InChI is InChI=1S/C16H16BrClFN/c1-20-14(9-11-4-2-3-5-15(11)17)10-12-8-13(19)6-7-16(12)18/h2-8,14,20H,9-10H2,1H3. The van der Waals surface area contributed by atoms with Crippen molar-refractivity contribution in [2.45, 2.75) is 18.9 Å². The molecule has 0 aliphatic heterocycles. The molecule has 20 heavy (non-hydrogen) atoms. The van der Waals surface area contributed by atoms with Crippen LogP contribution in [0.15, 0.2) is 46.9 Å². The zero-order valence-corrected chi connectivity index (χ0v) is 13.5. The summed E-state index contributed by atoms with van der Waals surface area (Å²) in [5, 5.41) is 3.88. The fourth-order valence-electron chi connectivity index (χ4n) is 2.17. The zero-order valence-electron chi connectivity index (χ0n) is 11.2. The van der Waals surface area contributed by atoms with E-state index in [0.29, 0.717) is 11.4 Å². The van der Waals surface area contributed by atoms with Gasteiger partial charge in [0.2, 0.25) is 0 Å². The van der Waals surface area contributed by atoms with Gasteiger partial charge in [-0.05, 0) is 55.3 Å². The second-order valence-electron chi connectivity index (χ2n) is 4.72. The van der Waals surface area contributed by atoms with Gasteiger partial charge in [0.1, 0.15) is 5.82 Å². The third kappa shape index (κ3) is 4.05. The van der Waals surface area contributed by atoms with Crippen molar-refractivity contribution in [3.8, 4) is 0 Å². The van der Waals surface area contributed by atoms with Crippen molar-refractivity contribution in [1.82, 2.24) is 5.32 Å². The van der Waals surface area contributed by atoms with Crippen molar-refractivity contribution in [2.75, 3.05) is 7.05 Å². The molecule has 2 aromatic rings. The molecular weight excluding hydrogens is 341 g/mol. The van der Waals surface area contributed by atoms with Crippen LogP contribution >= 0.6 is 27.5 Å². The predicted octanol–water partition coefficient (Wildman–Crippen LogP) is 4.61. The number of likely N-dealkylation sites (N-methyl/N-ethyl adjacent to an activating group) is 1. The van der Waals surface area contributed by atoms with Crippen molar-refractivity contribution in [2.24, 2.45) is 0 Å². The highest BCUT2D eigenvalue weighted by atomic mass is 79.9. The molecule has 106 valence electrons. The van der Waals surface area contributed by atoms with Crippen LogP contribution in [0.1, 0.15) is 11.1 Å². The van der Waals surface area contributed by atoms with Crippen LogP contribution in [0.2, 0.25) is 5.02 Å². The van der Waals surface area contributed by atoms with Gasteiger partial charge in [-0.2, -0.15) is 0 Å². The summed E-state index contributed by atoms with van der Waals surface area (Å²) in [5.74, 6) is -0.250. The number of halogens is 3. The van der Waals surface area contributed by atoms with E-state index < -0.39 is 0 Å². The van der Waals surface area contributed by atoms with Gasteiger partial charge in [0.25, 0.3) is 0 Å². The van der Waals surface area contributed by atoms with Crippen molar-refractivity contribution in [3.63, 3.8) is 0 Å². The van der Waals surface area contributed by atoms with Crippen molar-refractivity contribution >= 4 is 27.5 Å². The second-order valence-corrected chi connectivity index (χ2v) is 5.98. The van der Waals surface area contributed by atoms with Gasteiger partial charge in [0, 0.05) is 15.5 Å². The molecule has 0 aliphatic carbocycles. The fraction of sp³-hybridized carbons (Fsp3) is 0.250. The molecule has 0 aromatic heterocycles. The summed E-state index contributed by atoms with van der Waals surface area (Å²) in [6.07, 6.45) is 1.54. The van der Waals surface area contributed by atoms with Crippen LogP contribution in [0.3, 0.4) is 0 Å². The molecule has 1 unspecified atom stereocenters. The minimum atomic E-state index is -0.250. The molecule has 0 saturated heterocycles. The summed E-state index contributed by atoms with van der Waals surface area (Å²) >= 11 is 9.68. The molecule has 0 radical (unpaired) electrons. The molecular formula is C16H16BrClFN. The summed E-state index contributed by atoms with van der Waals surface area (Å²) in [5.41, 5.74) is 2.05. The van der Waals surface area contributed by atoms with Crippen LogP contribution in [-0.4, -0.2) is 13.1 Å². The zero-order chi connectivity index (χ0) is 14.5. The number of hydrogen-bond donors (Lipinski definition) is 1. The van der Waals surface area contributed by atoms with Crippen LogP contribution in [0.5, 0.6) is 0 Å². The van der Waals surface area contributed by atoms with Gasteiger partial charge in [-0.25, -0.2) is 4.39 Å². The Kier molecular flexibility index (Phi) is 5.58. The maximum Gasteiger partial charge on any atom is 0.123 e. The highest BCUT2D eigenvalue weighted by Gasteiger charge is 2.13. The number of nitrogens with one attached hydrogen (secondary N) is 1. The lowest BCUT2D eigenvalue weighted by Gasteiger charge is -2.18. The smallest absolute Gasteiger partial charge is 0.123 e. The predicted molar refractivity (Wildman–Crippen MR) is 85.8 cm³/mol. The normalized spacial score (nSPS) is 12.4. The number of rotatable bonds is 5. The maximum atomic E-state index is 13.3. The summed E-state index contributed by atoms with van der Waals surface area (Å²) in [6.45, 7) is 0. The second kappa shape index (κ2) is 7.21. The van der Waals surface area contributed by atoms with Crippen LogP contribution in [0.4, 0.5) is 4.39 Å². The quantitative estimate of drug-likeness (QED) is 0.824. The molecule has 0 aliphatic rings. The molecule has 0 amide bonds. The Bertz CT molecular complexity index is 588. The number of hydrogen-bond acceptors (Lipinski definition) is 1. The Balaban J connectivity index is 2.13. The maximum absolute atomic E-state index is 13.3. The first-order valence-corrected chi connectivity index (χ1v) is 7.62. The SMILES string of the molecule is CNC(Cc1cc(F)ccc1Cl)Cc1ccccc1Br. The van der Waals surface area contributed by atoms with Gasteiger partial charge >= 0.3 is 0 Å². The van der Waals surface area contributed by atoms with Crippen molar-refractivity contribution < 1.29 is 4.39 Å². The molecule has 1 N–H and O–H groups in total.